The maximum atomic E-state index is 14.1. The van der Waals surface area contributed by atoms with Crippen molar-refractivity contribution < 1.29 is 19.4 Å². The molecule has 1 N–H and O–H groups in total. The Kier molecular flexibility index (Phi) is 11.5. The second-order valence-electron chi connectivity index (χ2n) is 12.2. The van der Waals surface area contributed by atoms with Crippen LogP contribution in [0, 0.1) is 35.5 Å². The van der Waals surface area contributed by atoms with Crippen LogP contribution in [0.2, 0.25) is 0 Å². The van der Waals surface area contributed by atoms with Gasteiger partial charge >= 0.3 is 0 Å². The van der Waals surface area contributed by atoms with Gasteiger partial charge in [0.25, 0.3) is 0 Å². The summed E-state index contributed by atoms with van der Waals surface area (Å²) in [6, 6.07) is 13.8. The van der Waals surface area contributed by atoms with E-state index in [1.165, 1.54) is 20.0 Å². The first kappa shape index (κ1) is 30.9. The first-order chi connectivity index (χ1) is 20.0. The number of hydrogen-bond acceptors (Lipinski definition) is 4. The Morgan fingerprint density at radius 3 is 2.44 bits per heavy atom. The van der Waals surface area contributed by atoms with Gasteiger partial charge in [0, 0.05) is 18.3 Å². The Morgan fingerprint density at radius 2 is 1.71 bits per heavy atom. The average molecular weight is 557 g/mol. The van der Waals surface area contributed by atoms with Crippen LogP contribution in [0.5, 0.6) is 11.5 Å². The molecule has 1 fully saturated rings. The second kappa shape index (κ2) is 15.2. The number of methoxy groups -OCH3 is 1. The smallest absolute Gasteiger partial charge is 0.160 e. The highest BCUT2D eigenvalue weighted by Gasteiger charge is 2.40. The number of aryl methyl sites for hydroxylation is 1. The number of hydrogen-bond donors (Lipinski definition) is 1. The van der Waals surface area contributed by atoms with Gasteiger partial charge in [-0.2, -0.15) is 0 Å². The number of benzene rings is 2. The van der Waals surface area contributed by atoms with E-state index in [9.17, 15) is 14.7 Å². The van der Waals surface area contributed by atoms with Crippen LogP contribution in [0.4, 0.5) is 0 Å². The number of fused-ring (bicyclic) bond motifs is 2. The summed E-state index contributed by atoms with van der Waals surface area (Å²) in [5, 5.41) is 10.8. The van der Waals surface area contributed by atoms with Gasteiger partial charge < -0.3 is 9.84 Å². The van der Waals surface area contributed by atoms with Crippen LogP contribution in [-0.2, 0) is 16.0 Å². The number of Topliss-reactive ketones (excluding diaryl/α,β-unsaturated/α-hetero) is 2. The van der Waals surface area contributed by atoms with E-state index in [0.717, 1.165) is 68.1 Å². The van der Waals surface area contributed by atoms with E-state index < -0.39 is 0 Å². The SMILES string of the molecule is CCCCC[C@@H]1[C@@H](CCCC)CCC[C@H]2C#C[C@H](c3ccccc3)c3cc(O)c(OC)cc3CCC(=O)CC(=O)[C@H]12. The molecule has 0 bridgehead atoms. The molecule has 0 aromatic heterocycles. The lowest BCUT2D eigenvalue weighted by Crippen LogP contribution is -2.34. The van der Waals surface area contributed by atoms with Crippen LogP contribution in [0.25, 0.3) is 0 Å². The van der Waals surface area contributed by atoms with Gasteiger partial charge in [0.05, 0.1) is 19.4 Å². The van der Waals surface area contributed by atoms with Crippen molar-refractivity contribution in [2.75, 3.05) is 7.11 Å². The molecule has 4 heteroatoms. The minimum absolute atomic E-state index is 0.000286. The molecule has 0 radical (unpaired) electrons. The fourth-order valence-electron chi connectivity index (χ4n) is 7.21. The highest BCUT2D eigenvalue weighted by atomic mass is 16.5. The fraction of sp³-hybridized carbons (Fsp3) is 0.568. The van der Waals surface area contributed by atoms with Gasteiger partial charge in [-0.25, -0.2) is 0 Å². The minimum atomic E-state index is -0.272. The van der Waals surface area contributed by atoms with E-state index in [-0.39, 0.29) is 47.4 Å². The van der Waals surface area contributed by atoms with E-state index in [1.54, 1.807) is 6.07 Å². The largest absolute Gasteiger partial charge is 0.504 e. The number of ketones is 2. The lowest BCUT2D eigenvalue weighted by Gasteiger charge is -2.34. The maximum Gasteiger partial charge on any atom is 0.160 e. The summed E-state index contributed by atoms with van der Waals surface area (Å²) in [5.41, 5.74) is 2.89. The highest BCUT2D eigenvalue weighted by molar-refractivity contribution is 6.00. The monoisotopic (exact) mass is 556 g/mol. The summed E-state index contributed by atoms with van der Waals surface area (Å²) in [4.78, 5) is 27.4. The van der Waals surface area contributed by atoms with E-state index in [4.69, 9.17) is 4.74 Å². The predicted molar refractivity (Wildman–Crippen MR) is 165 cm³/mol. The summed E-state index contributed by atoms with van der Waals surface area (Å²) < 4.78 is 5.42. The first-order valence-electron chi connectivity index (χ1n) is 16.0. The lowest BCUT2D eigenvalue weighted by molar-refractivity contribution is -0.131. The third-order valence-electron chi connectivity index (χ3n) is 9.37. The molecule has 5 atom stereocenters. The average Bonchev–Trinajstić information content (AvgIpc) is 3.14. The van der Waals surface area contributed by atoms with Gasteiger partial charge in [0.2, 0.25) is 0 Å². The number of unbranched alkanes of at least 4 members (excludes halogenated alkanes) is 3. The van der Waals surface area contributed by atoms with E-state index in [2.05, 4.69) is 37.8 Å². The van der Waals surface area contributed by atoms with Crippen molar-refractivity contribution in [2.45, 2.75) is 103 Å². The van der Waals surface area contributed by atoms with Gasteiger partial charge in [-0.05, 0) is 59.9 Å². The van der Waals surface area contributed by atoms with Crippen LogP contribution < -0.4 is 4.74 Å². The lowest BCUT2D eigenvalue weighted by atomic mass is 9.69. The second-order valence-corrected chi connectivity index (χ2v) is 12.2. The zero-order valence-corrected chi connectivity index (χ0v) is 25.3. The molecule has 2 aliphatic rings. The maximum absolute atomic E-state index is 14.1. The molecule has 220 valence electrons. The summed E-state index contributed by atoms with van der Waals surface area (Å²) >= 11 is 0. The van der Waals surface area contributed by atoms with Gasteiger partial charge in [-0.15, -0.1) is 0 Å². The number of phenols is 1. The summed E-state index contributed by atoms with van der Waals surface area (Å²) in [6.07, 6.45) is 11.9. The van der Waals surface area contributed by atoms with Crippen molar-refractivity contribution in [1.29, 1.82) is 0 Å². The van der Waals surface area contributed by atoms with Gasteiger partial charge in [-0.1, -0.05) is 107 Å². The molecule has 2 aliphatic carbocycles. The number of ether oxygens (including phenoxy) is 1. The van der Waals surface area contributed by atoms with Gasteiger partial charge in [0.1, 0.15) is 11.6 Å². The zero-order chi connectivity index (χ0) is 29.2. The van der Waals surface area contributed by atoms with Crippen LogP contribution in [-0.4, -0.2) is 23.8 Å². The summed E-state index contributed by atoms with van der Waals surface area (Å²) in [6.45, 7) is 4.47. The molecule has 0 amide bonds. The highest BCUT2D eigenvalue weighted by Crippen LogP contribution is 2.44. The minimum Gasteiger partial charge on any atom is -0.504 e. The topological polar surface area (TPSA) is 63.6 Å². The molecular formula is C37H48O4. The summed E-state index contributed by atoms with van der Waals surface area (Å²) in [7, 11) is 1.53. The van der Waals surface area contributed by atoms with Crippen LogP contribution in [0.3, 0.4) is 0 Å². The van der Waals surface area contributed by atoms with Crippen molar-refractivity contribution in [2.24, 2.45) is 23.7 Å². The Balaban J connectivity index is 1.84. The standard InChI is InChI=1S/C37H48O4/c1-4-6-9-18-32-27(13-7-5-2)16-12-17-28-20-22-31(26-14-10-8-11-15-26)33-25-34(39)36(41-3)23-29(33)19-21-30(38)24-35(40)37(28)32/h8,10-11,14-15,23,25,27-28,31-32,37,39H,4-7,9,12-13,16-19,21,24H2,1-3H3/t27-,28-,31+,32+,37-/m0/s1. The molecular weight excluding hydrogens is 508 g/mol. The van der Waals surface area contributed by atoms with Crippen LogP contribution >= 0.6 is 0 Å². The third-order valence-corrected chi connectivity index (χ3v) is 9.37. The number of carbonyl (C=O) groups is 2. The zero-order valence-electron chi connectivity index (χ0n) is 25.3. The predicted octanol–water partition coefficient (Wildman–Crippen LogP) is 8.43. The Labute approximate surface area is 247 Å². The normalized spacial score (nSPS) is 25.0. The van der Waals surface area contributed by atoms with Crippen molar-refractivity contribution >= 4 is 11.6 Å². The van der Waals surface area contributed by atoms with E-state index in [1.807, 2.05) is 24.3 Å². The number of carbonyl (C=O) groups excluding carboxylic acids is 2. The molecule has 0 unspecified atom stereocenters. The molecule has 1 saturated carbocycles. The molecule has 4 rings (SSSR count). The Hall–Kier alpha value is -3.06. The molecule has 2 aromatic carbocycles. The fourth-order valence-corrected chi connectivity index (χ4v) is 7.21. The van der Waals surface area contributed by atoms with E-state index >= 15 is 0 Å². The molecule has 2 aromatic rings. The number of rotatable bonds is 9. The van der Waals surface area contributed by atoms with Crippen molar-refractivity contribution in [3.63, 3.8) is 0 Å². The van der Waals surface area contributed by atoms with Gasteiger partial charge in [-0.3, -0.25) is 9.59 Å². The first-order valence-corrected chi connectivity index (χ1v) is 16.0. The molecule has 4 nitrogen and oxygen atoms in total. The van der Waals surface area contributed by atoms with Crippen molar-refractivity contribution in [3.05, 3.63) is 59.2 Å². The Morgan fingerprint density at radius 1 is 0.927 bits per heavy atom. The number of aromatic hydroxyl groups is 1. The van der Waals surface area contributed by atoms with Crippen LogP contribution in [0.1, 0.15) is 114 Å². The molecule has 0 aliphatic heterocycles. The molecule has 0 spiro atoms. The van der Waals surface area contributed by atoms with Crippen molar-refractivity contribution in [3.8, 4) is 23.3 Å². The van der Waals surface area contributed by atoms with Gasteiger partial charge in [0.15, 0.2) is 11.5 Å². The van der Waals surface area contributed by atoms with E-state index in [0.29, 0.717) is 24.5 Å². The van der Waals surface area contributed by atoms with Crippen molar-refractivity contribution in [1.82, 2.24) is 0 Å². The quantitative estimate of drug-likeness (QED) is 0.191. The summed E-state index contributed by atoms with van der Waals surface area (Å²) in [5.74, 6) is 8.16. The Bertz CT molecular complexity index is 1220. The molecule has 41 heavy (non-hydrogen) atoms. The molecule has 0 heterocycles. The molecule has 0 saturated heterocycles. The number of phenolic OH excluding ortho intramolecular Hbond substituents is 1. The third kappa shape index (κ3) is 7.82. The van der Waals surface area contributed by atoms with Crippen LogP contribution in [0.15, 0.2) is 42.5 Å².